The molecular weight excluding hydrogens is 725 g/mol. The van der Waals surface area contributed by atoms with E-state index in [9.17, 15) is 4.79 Å². The third-order valence-electron chi connectivity index (χ3n) is 12.5. The minimum atomic E-state index is -0.490. The summed E-state index contributed by atoms with van der Waals surface area (Å²) in [6.45, 7) is 16.0. The van der Waals surface area contributed by atoms with Gasteiger partial charge in [0.25, 0.3) is 0 Å². The second-order valence-corrected chi connectivity index (χ2v) is 14.6. The van der Waals surface area contributed by atoms with Gasteiger partial charge in [0.05, 0.1) is 10.8 Å². The first-order valence-electron chi connectivity index (χ1n) is 22.1. The van der Waals surface area contributed by atoms with Crippen molar-refractivity contribution in [1.29, 1.82) is 0 Å². The zero-order chi connectivity index (χ0) is 42.2. The Morgan fingerprint density at radius 2 is 0.467 bits per heavy atom. The molecule has 0 radical (unpaired) electrons. The number of carbonyl (C=O) groups excluding carboxylic acids is 1. The van der Waals surface area contributed by atoms with E-state index >= 15 is 0 Å². The Morgan fingerprint density at radius 3 is 0.700 bits per heavy atom. The molecule has 296 valence electrons. The summed E-state index contributed by atoms with van der Waals surface area (Å²) in [5.41, 5.74) is 20.4. The number of hydrogen-bond donors (Lipinski definition) is 0. The first-order chi connectivity index (χ1) is 29.7. The molecule has 60 heavy (non-hydrogen) atoms. The minimum absolute atomic E-state index is 0.0435. The van der Waals surface area contributed by atoms with Crippen molar-refractivity contribution >= 4 is 5.78 Å². The zero-order valence-corrected chi connectivity index (χ0v) is 36.2. The summed E-state index contributed by atoms with van der Waals surface area (Å²) in [6, 6.07) is 65.7. The van der Waals surface area contributed by atoms with Crippen molar-refractivity contribution in [2.45, 2.75) is 66.2 Å². The van der Waals surface area contributed by atoms with Crippen LogP contribution >= 0.6 is 0 Å². The number of hydrogen-bond acceptors (Lipinski definition) is 1. The van der Waals surface area contributed by atoms with Crippen LogP contribution in [0.25, 0.3) is 44.5 Å². The highest BCUT2D eigenvalue weighted by Crippen LogP contribution is 2.64. The lowest BCUT2D eigenvalue weighted by Crippen LogP contribution is -2.26. The van der Waals surface area contributed by atoms with Gasteiger partial charge in [-0.3, -0.25) is 4.79 Å². The van der Waals surface area contributed by atoms with Gasteiger partial charge in [-0.1, -0.05) is 225 Å². The smallest absolute Gasteiger partial charge is 0.193 e. The van der Waals surface area contributed by atoms with E-state index in [1.165, 1.54) is 89.0 Å². The monoisotopic (exact) mass is 778 g/mol. The topological polar surface area (TPSA) is 17.1 Å². The molecule has 0 saturated carbocycles. The van der Waals surface area contributed by atoms with Gasteiger partial charge in [-0.05, 0) is 101 Å². The van der Waals surface area contributed by atoms with Crippen molar-refractivity contribution < 1.29 is 4.79 Å². The molecule has 4 aliphatic rings. The molecule has 1 nitrogen and oxygen atoms in total. The second-order valence-electron chi connectivity index (χ2n) is 14.6. The highest BCUT2D eigenvalue weighted by atomic mass is 16.1. The van der Waals surface area contributed by atoms with Gasteiger partial charge in [0.2, 0.25) is 0 Å². The summed E-state index contributed by atoms with van der Waals surface area (Å²) >= 11 is 0. The number of fused-ring (bicyclic) bond motifs is 20. The molecule has 8 aromatic rings. The van der Waals surface area contributed by atoms with E-state index < -0.39 is 10.8 Å². The number of rotatable bonds is 2. The van der Waals surface area contributed by atoms with Crippen LogP contribution in [0.4, 0.5) is 0 Å². The molecule has 8 aromatic carbocycles. The van der Waals surface area contributed by atoms with Crippen LogP contribution in [-0.4, -0.2) is 5.78 Å². The van der Waals surface area contributed by atoms with Crippen molar-refractivity contribution in [2.75, 3.05) is 0 Å². The fourth-order valence-corrected chi connectivity index (χ4v) is 10.6. The van der Waals surface area contributed by atoms with Gasteiger partial charge in [0.15, 0.2) is 5.78 Å². The lowest BCUT2D eigenvalue weighted by atomic mass is 9.70. The molecule has 1 heteroatoms. The van der Waals surface area contributed by atoms with E-state index in [0.29, 0.717) is 11.1 Å². The van der Waals surface area contributed by atoms with Gasteiger partial charge in [-0.15, -0.1) is 0 Å². The van der Waals surface area contributed by atoms with Gasteiger partial charge in [0.1, 0.15) is 0 Å². The maximum atomic E-state index is 15.0. The van der Waals surface area contributed by atoms with Gasteiger partial charge in [-0.25, -0.2) is 0 Å². The summed E-state index contributed by atoms with van der Waals surface area (Å²) in [5.74, 6) is 0.0435. The average molecular weight is 779 g/mol. The van der Waals surface area contributed by atoms with Crippen LogP contribution in [0.3, 0.4) is 0 Å². The first-order valence-corrected chi connectivity index (χ1v) is 22.1. The largest absolute Gasteiger partial charge is 0.289 e. The van der Waals surface area contributed by atoms with Crippen molar-refractivity contribution in [3.8, 4) is 44.5 Å². The lowest BCUT2D eigenvalue weighted by molar-refractivity contribution is 0.103. The van der Waals surface area contributed by atoms with Gasteiger partial charge in [0, 0.05) is 11.1 Å². The molecule has 12 rings (SSSR count). The molecule has 0 N–H and O–H groups in total. The normalized spacial score (nSPS) is 13.3. The molecular formula is C59H54O. The van der Waals surface area contributed by atoms with Crippen LogP contribution in [0.2, 0.25) is 0 Å². The molecule has 4 aliphatic carbocycles. The third-order valence-corrected chi connectivity index (χ3v) is 12.5. The highest BCUT2D eigenvalue weighted by Gasteiger charge is 2.53. The standard InChI is InChI=1S/C51H30O.4C2H6/c52-49(31-25-27-39-37-17-5-11-23-45(37)50(47(39)29-31)41-19-7-1-13-33(41)34-14-2-8-20-42(34)50)32-26-28-40-38-18-6-12-24-46(38)51(48(40)30-32)43-21-9-3-15-35(43)36-16-4-10-22-44(36)51;4*1-2/h1-30H;4*1-2H3. The summed E-state index contributed by atoms with van der Waals surface area (Å²) in [4.78, 5) is 15.0. The molecule has 0 fully saturated rings. The fourth-order valence-electron chi connectivity index (χ4n) is 10.6. The van der Waals surface area contributed by atoms with Gasteiger partial charge >= 0.3 is 0 Å². The Morgan fingerprint density at radius 1 is 0.267 bits per heavy atom. The maximum Gasteiger partial charge on any atom is 0.193 e. The minimum Gasteiger partial charge on any atom is -0.289 e. The predicted molar refractivity (Wildman–Crippen MR) is 254 cm³/mol. The summed E-state index contributed by atoms with van der Waals surface area (Å²) in [5, 5.41) is 0. The Kier molecular flexibility index (Phi) is 10.9. The van der Waals surface area contributed by atoms with E-state index in [4.69, 9.17) is 0 Å². The molecule has 0 unspecified atom stereocenters. The van der Waals surface area contributed by atoms with E-state index in [1.54, 1.807) is 0 Å². The van der Waals surface area contributed by atoms with Gasteiger partial charge < -0.3 is 0 Å². The molecule has 0 saturated heterocycles. The number of carbonyl (C=O) groups is 1. The lowest BCUT2D eigenvalue weighted by Gasteiger charge is -2.31. The maximum absolute atomic E-state index is 15.0. The summed E-state index contributed by atoms with van der Waals surface area (Å²) < 4.78 is 0. The van der Waals surface area contributed by atoms with Gasteiger partial charge in [-0.2, -0.15) is 0 Å². The van der Waals surface area contributed by atoms with Crippen molar-refractivity contribution in [2.24, 2.45) is 0 Å². The summed E-state index contributed by atoms with van der Waals surface area (Å²) in [7, 11) is 0. The van der Waals surface area contributed by atoms with Crippen molar-refractivity contribution in [3.63, 3.8) is 0 Å². The molecule has 0 bridgehead atoms. The quantitative estimate of drug-likeness (QED) is 0.160. The van der Waals surface area contributed by atoms with Crippen LogP contribution in [0.15, 0.2) is 182 Å². The summed E-state index contributed by atoms with van der Waals surface area (Å²) in [6.07, 6.45) is 0. The fraction of sp³-hybridized carbons (Fsp3) is 0.169. The number of ketones is 1. The van der Waals surface area contributed by atoms with E-state index in [0.717, 1.165) is 0 Å². The number of benzene rings is 8. The Balaban J connectivity index is 0.000000591. The highest BCUT2D eigenvalue weighted by molar-refractivity contribution is 6.11. The average Bonchev–Trinajstić information content (AvgIpc) is 4.02. The zero-order valence-electron chi connectivity index (χ0n) is 36.2. The Bertz CT molecular complexity index is 2570. The van der Waals surface area contributed by atoms with Crippen LogP contribution in [0.1, 0.15) is 116 Å². The molecule has 0 aromatic heterocycles. The first kappa shape index (κ1) is 40.2. The molecule has 2 spiro atoms. The van der Waals surface area contributed by atoms with Crippen LogP contribution in [0.5, 0.6) is 0 Å². The molecule has 0 heterocycles. The predicted octanol–water partition coefficient (Wildman–Crippen LogP) is 15.7. The van der Waals surface area contributed by atoms with E-state index in [-0.39, 0.29) is 5.78 Å². The molecule has 0 atom stereocenters. The van der Waals surface area contributed by atoms with E-state index in [2.05, 4.69) is 170 Å². The third kappa shape index (κ3) is 5.28. The van der Waals surface area contributed by atoms with Crippen LogP contribution in [0, 0.1) is 0 Å². The van der Waals surface area contributed by atoms with Crippen LogP contribution < -0.4 is 0 Å². The molecule has 0 amide bonds. The van der Waals surface area contributed by atoms with E-state index in [1.807, 2.05) is 67.5 Å². The van der Waals surface area contributed by atoms with Crippen LogP contribution in [-0.2, 0) is 10.8 Å². The SMILES string of the molecule is CC.CC.CC.CC.O=C(c1ccc2c(c1)C1(c3ccccc3-c3ccccc31)c1ccccc1-2)c1ccc2c(c1)C1(c3ccccc3-c3ccccc31)c1ccccc1-2. The Hall–Kier alpha value is -6.57. The second kappa shape index (κ2) is 16.2. The van der Waals surface area contributed by atoms with Crippen molar-refractivity contribution in [3.05, 3.63) is 238 Å². The Labute approximate surface area is 357 Å². The van der Waals surface area contributed by atoms with Crippen molar-refractivity contribution in [1.82, 2.24) is 0 Å². The molecule has 0 aliphatic heterocycles.